The molecule has 0 radical (unpaired) electrons. The van der Waals surface area contributed by atoms with E-state index in [1.165, 1.54) is 5.56 Å². The van der Waals surface area contributed by atoms with Gasteiger partial charge in [-0.05, 0) is 25.0 Å². The first-order valence-corrected chi connectivity index (χ1v) is 6.37. The summed E-state index contributed by atoms with van der Waals surface area (Å²) in [7, 11) is 1.81. The molecule has 4 heteroatoms. The Morgan fingerprint density at radius 1 is 1.29 bits per heavy atom. The SMILES string of the molecule is CNc1nc(C)c(CCc2ccccc2Br)o1. The van der Waals surface area contributed by atoms with Crippen molar-refractivity contribution in [2.75, 3.05) is 12.4 Å². The number of anilines is 1. The fourth-order valence-corrected chi connectivity index (χ4v) is 2.20. The van der Waals surface area contributed by atoms with E-state index >= 15 is 0 Å². The largest absolute Gasteiger partial charge is 0.428 e. The van der Waals surface area contributed by atoms with Crippen molar-refractivity contribution in [3.05, 3.63) is 45.8 Å². The third kappa shape index (κ3) is 2.88. The lowest BCUT2D eigenvalue weighted by Crippen LogP contribution is -1.92. The molecule has 1 N–H and O–H groups in total. The Kier molecular flexibility index (Phi) is 3.84. The summed E-state index contributed by atoms with van der Waals surface area (Å²) in [6.07, 6.45) is 1.81. The quantitative estimate of drug-likeness (QED) is 0.937. The fraction of sp³-hybridized carbons (Fsp3) is 0.308. The van der Waals surface area contributed by atoms with E-state index in [0.717, 1.165) is 28.8 Å². The van der Waals surface area contributed by atoms with Crippen LogP contribution in [0.15, 0.2) is 33.2 Å². The van der Waals surface area contributed by atoms with Crippen LogP contribution >= 0.6 is 15.9 Å². The van der Waals surface area contributed by atoms with E-state index in [4.69, 9.17) is 4.42 Å². The molecule has 0 unspecified atom stereocenters. The number of aromatic nitrogens is 1. The molecule has 1 aromatic carbocycles. The van der Waals surface area contributed by atoms with Gasteiger partial charge in [0.1, 0.15) is 5.76 Å². The summed E-state index contributed by atoms with van der Waals surface area (Å²) >= 11 is 3.55. The summed E-state index contributed by atoms with van der Waals surface area (Å²) in [5.41, 5.74) is 2.25. The third-order valence-corrected chi connectivity index (χ3v) is 3.46. The highest BCUT2D eigenvalue weighted by Gasteiger charge is 2.09. The van der Waals surface area contributed by atoms with Crippen molar-refractivity contribution in [2.24, 2.45) is 0 Å². The van der Waals surface area contributed by atoms with E-state index in [1.54, 1.807) is 0 Å². The third-order valence-electron chi connectivity index (χ3n) is 2.69. The molecular weight excluding hydrogens is 280 g/mol. The normalized spacial score (nSPS) is 10.5. The minimum atomic E-state index is 0.588. The molecule has 2 aromatic rings. The number of hydrogen-bond donors (Lipinski definition) is 1. The first-order valence-electron chi connectivity index (χ1n) is 5.58. The second kappa shape index (κ2) is 5.36. The molecule has 0 aliphatic heterocycles. The van der Waals surface area contributed by atoms with Crippen LogP contribution in [-0.2, 0) is 12.8 Å². The molecule has 0 spiro atoms. The van der Waals surface area contributed by atoms with Gasteiger partial charge in [0, 0.05) is 17.9 Å². The molecular formula is C13H15BrN2O. The topological polar surface area (TPSA) is 38.1 Å². The summed E-state index contributed by atoms with van der Waals surface area (Å²) in [4.78, 5) is 4.27. The van der Waals surface area contributed by atoms with Gasteiger partial charge in [-0.25, -0.2) is 0 Å². The molecule has 90 valence electrons. The van der Waals surface area contributed by atoms with Gasteiger partial charge in [-0.3, -0.25) is 0 Å². The summed E-state index contributed by atoms with van der Waals surface area (Å²) in [5.74, 6) is 0.949. The van der Waals surface area contributed by atoms with Crippen molar-refractivity contribution in [2.45, 2.75) is 19.8 Å². The lowest BCUT2D eigenvalue weighted by Gasteiger charge is -2.02. The van der Waals surface area contributed by atoms with Gasteiger partial charge in [0.15, 0.2) is 0 Å². The Labute approximate surface area is 109 Å². The minimum Gasteiger partial charge on any atom is -0.428 e. The molecule has 0 atom stereocenters. The predicted octanol–water partition coefficient (Wildman–Crippen LogP) is 3.57. The van der Waals surface area contributed by atoms with Crippen molar-refractivity contribution in [1.29, 1.82) is 0 Å². The van der Waals surface area contributed by atoms with Crippen molar-refractivity contribution in [1.82, 2.24) is 4.98 Å². The van der Waals surface area contributed by atoms with Gasteiger partial charge < -0.3 is 9.73 Å². The fourth-order valence-electron chi connectivity index (χ4n) is 1.72. The van der Waals surface area contributed by atoms with E-state index < -0.39 is 0 Å². The van der Waals surface area contributed by atoms with Crippen LogP contribution in [0.5, 0.6) is 0 Å². The molecule has 0 saturated heterocycles. The van der Waals surface area contributed by atoms with Gasteiger partial charge in [0.25, 0.3) is 6.01 Å². The van der Waals surface area contributed by atoms with E-state index in [0.29, 0.717) is 6.01 Å². The smallest absolute Gasteiger partial charge is 0.294 e. The highest BCUT2D eigenvalue weighted by Crippen LogP contribution is 2.20. The van der Waals surface area contributed by atoms with Crippen molar-refractivity contribution in [3.63, 3.8) is 0 Å². The number of aryl methyl sites for hydroxylation is 3. The average molecular weight is 295 g/mol. The molecule has 0 aliphatic rings. The van der Waals surface area contributed by atoms with Gasteiger partial charge >= 0.3 is 0 Å². The van der Waals surface area contributed by atoms with Crippen LogP contribution in [-0.4, -0.2) is 12.0 Å². The maximum Gasteiger partial charge on any atom is 0.294 e. The Bertz CT molecular complexity index is 508. The number of rotatable bonds is 4. The van der Waals surface area contributed by atoms with Crippen molar-refractivity contribution < 1.29 is 4.42 Å². The Balaban J connectivity index is 2.07. The standard InChI is InChI=1S/C13H15BrN2O/c1-9-12(17-13(15-2)16-9)8-7-10-5-3-4-6-11(10)14/h3-6H,7-8H2,1-2H3,(H,15,16). The van der Waals surface area contributed by atoms with Gasteiger partial charge in [-0.1, -0.05) is 34.1 Å². The number of halogens is 1. The van der Waals surface area contributed by atoms with Crippen LogP contribution in [0.4, 0.5) is 6.01 Å². The zero-order chi connectivity index (χ0) is 12.3. The second-order valence-corrected chi connectivity index (χ2v) is 4.72. The van der Waals surface area contributed by atoms with Crippen LogP contribution in [0, 0.1) is 6.92 Å². The second-order valence-electron chi connectivity index (χ2n) is 3.87. The summed E-state index contributed by atoms with van der Waals surface area (Å²) in [5, 5.41) is 2.91. The van der Waals surface area contributed by atoms with Crippen LogP contribution in [0.3, 0.4) is 0 Å². The van der Waals surface area contributed by atoms with Gasteiger partial charge in [0.2, 0.25) is 0 Å². The molecule has 1 heterocycles. The molecule has 0 bridgehead atoms. The highest BCUT2D eigenvalue weighted by atomic mass is 79.9. The summed E-state index contributed by atoms with van der Waals surface area (Å²) in [6.45, 7) is 1.97. The van der Waals surface area contributed by atoms with Gasteiger partial charge in [-0.2, -0.15) is 4.98 Å². The number of hydrogen-bond acceptors (Lipinski definition) is 3. The van der Waals surface area contributed by atoms with Gasteiger partial charge in [-0.15, -0.1) is 0 Å². The lowest BCUT2D eigenvalue weighted by atomic mass is 10.1. The van der Waals surface area contributed by atoms with E-state index in [9.17, 15) is 0 Å². The van der Waals surface area contributed by atoms with Crippen LogP contribution in [0.2, 0.25) is 0 Å². The zero-order valence-electron chi connectivity index (χ0n) is 9.96. The molecule has 0 amide bonds. The van der Waals surface area contributed by atoms with Crippen LogP contribution < -0.4 is 5.32 Å². The maximum atomic E-state index is 5.59. The first kappa shape index (κ1) is 12.2. The minimum absolute atomic E-state index is 0.588. The average Bonchev–Trinajstić information content (AvgIpc) is 2.69. The lowest BCUT2D eigenvalue weighted by molar-refractivity contribution is 0.516. The Hall–Kier alpha value is -1.29. The monoisotopic (exact) mass is 294 g/mol. The number of nitrogens with one attached hydrogen (secondary N) is 1. The molecule has 3 nitrogen and oxygen atoms in total. The molecule has 17 heavy (non-hydrogen) atoms. The predicted molar refractivity (Wildman–Crippen MR) is 72.3 cm³/mol. The van der Waals surface area contributed by atoms with Crippen molar-refractivity contribution in [3.8, 4) is 0 Å². The number of nitrogens with zero attached hydrogens (tertiary/aromatic N) is 1. The maximum absolute atomic E-state index is 5.59. The summed E-state index contributed by atoms with van der Waals surface area (Å²) < 4.78 is 6.73. The number of benzene rings is 1. The molecule has 2 rings (SSSR count). The number of oxazole rings is 1. The Morgan fingerprint density at radius 2 is 2.06 bits per heavy atom. The van der Waals surface area contributed by atoms with E-state index in [-0.39, 0.29) is 0 Å². The van der Waals surface area contributed by atoms with Crippen molar-refractivity contribution >= 4 is 21.9 Å². The van der Waals surface area contributed by atoms with Gasteiger partial charge in [0.05, 0.1) is 5.69 Å². The van der Waals surface area contributed by atoms with Crippen LogP contribution in [0.25, 0.3) is 0 Å². The van der Waals surface area contributed by atoms with E-state index in [2.05, 4.69) is 38.4 Å². The summed E-state index contributed by atoms with van der Waals surface area (Å²) in [6, 6.07) is 8.83. The molecule has 1 aromatic heterocycles. The molecule has 0 fully saturated rings. The van der Waals surface area contributed by atoms with Crippen LogP contribution in [0.1, 0.15) is 17.0 Å². The zero-order valence-corrected chi connectivity index (χ0v) is 11.5. The molecule has 0 saturated carbocycles. The first-order chi connectivity index (χ1) is 8.20. The van der Waals surface area contributed by atoms with E-state index in [1.807, 2.05) is 26.1 Å². The Morgan fingerprint density at radius 3 is 2.71 bits per heavy atom. The highest BCUT2D eigenvalue weighted by molar-refractivity contribution is 9.10. The molecule has 0 aliphatic carbocycles.